The number of methoxy groups -OCH3 is 1. The van der Waals surface area contributed by atoms with E-state index in [4.69, 9.17) is 17.1 Å². The van der Waals surface area contributed by atoms with Crippen LogP contribution in [-0.4, -0.2) is 12.0 Å². The smallest absolute Gasteiger partial charge is 0.270 e. The molecule has 0 aliphatic carbocycles. The number of alkyl halides is 1. The van der Waals surface area contributed by atoms with E-state index in [0.29, 0.717) is 0 Å². The standard InChI is InChI=1S/C9H10ClNO3/c1-14-6-8-2-7(5-10)3-9(4-8)11(12)13/h2-4H,5-6H2,1H3/i5D2,6D2. The van der Waals surface area contributed by atoms with Crippen LogP contribution >= 0.6 is 11.6 Å². The van der Waals surface area contributed by atoms with E-state index in [2.05, 4.69) is 4.74 Å². The van der Waals surface area contributed by atoms with Crippen molar-refractivity contribution in [1.82, 2.24) is 0 Å². The van der Waals surface area contributed by atoms with Gasteiger partial charge in [-0.05, 0) is 11.1 Å². The number of ether oxygens (including phenoxy) is 1. The van der Waals surface area contributed by atoms with Crippen LogP contribution < -0.4 is 0 Å². The Morgan fingerprint density at radius 2 is 2.21 bits per heavy atom. The number of nitro groups is 1. The lowest BCUT2D eigenvalue weighted by Crippen LogP contribution is -1.94. The number of non-ortho nitro benzene ring substituents is 1. The predicted molar refractivity (Wildman–Crippen MR) is 53.4 cm³/mol. The molecule has 0 saturated carbocycles. The summed E-state index contributed by atoms with van der Waals surface area (Å²) in [5.74, 6) is -2.33. The Morgan fingerprint density at radius 1 is 1.57 bits per heavy atom. The molecule has 4 nitrogen and oxygen atoms in total. The normalized spacial score (nSPS) is 16.4. The third-order valence-corrected chi connectivity index (χ3v) is 1.68. The third-order valence-electron chi connectivity index (χ3n) is 1.46. The number of hydrogen-bond acceptors (Lipinski definition) is 3. The summed E-state index contributed by atoms with van der Waals surface area (Å²) in [6.07, 6.45) is 0. The van der Waals surface area contributed by atoms with Crippen molar-refractivity contribution in [1.29, 1.82) is 0 Å². The molecule has 0 radical (unpaired) electrons. The van der Waals surface area contributed by atoms with Crippen molar-refractivity contribution < 1.29 is 15.1 Å². The predicted octanol–water partition coefficient (Wildman–Crippen LogP) is 2.48. The van der Waals surface area contributed by atoms with E-state index in [0.717, 1.165) is 25.3 Å². The SMILES string of the molecule is [2H]C([2H])(Cl)c1cc([N+](=O)[O-])cc(C([2H])([2H])OC)c1. The van der Waals surface area contributed by atoms with Crippen LogP contribution in [0.2, 0.25) is 0 Å². The summed E-state index contributed by atoms with van der Waals surface area (Å²) >= 11 is 5.45. The van der Waals surface area contributed by atoms with E-state index in [-0.39, 0.29) is 11.1 Å². The first-order chi connectivity index (χ1) is 8.08. The van der Waals surface area contributed by atoms with Gasteiger partial charge in [-0.3, -0.25) is 10.1 Å². The zero-order valence-corrected chi connectivity index (χ0v) is 8.04. The molecule has 1 rings (SSSR count). The zero-order valence-electron chi connectivity index (χ0n) is 11.3. The van der Waals surface area contributed by atoms with Gasteiger partial charge in [-0.2, -0.15) is 0 Å². The van der Waals surface area contributed by atoms with Crippen molar-refractivity contribution in [2.75, 3.05) is 7.11 Å². The van der Waals surface area contributed by atoms with Crippen LogP contribution in [0.5, 0.6) is 0 Å². The molecule has 0 fully saturated rings. The number of nitrogens with zero attached hydrogens (tertiary/aromatic N) is 1. The molecule has 0 aromatic heterocycles. The summed E-state index contributed by atoms with van der Waals surface area (Å²) in [6.45, 7) is -2.26. The molecular formula is C9H10ClNO3. The minimum atomic E-state index is -2.33. The topological polar surface area (TPSA) is 52.4 Å². The number of halogens is 1. The first kappa shape index (κ1) is 6.37. The third kappa shape index (κ3) is 2.68. The van der Waals surface area contributed by atoms with Crippen LogP contribution in [0.25, 0.3) is 0 Å². The van der Waals surface area contributed by atoms with E-state index in [1.807, 2.05) is 0 Å². The van der Waals surface area contributed by atoms with Gasteiger partial charge < -0.3 is 4.74 Å². The largest absolute Gasteiger partial charge is 0.380 e. The lowest BCUT2D eigenvalue weighted by molar-refractivity contribution is -0.385. The Morgan fingerprint density at radius 3 is 2.71 bits per heavy atom. The summed E-state index contributed by atoms with van der Waals surface area (Å²) < 4.78 is 34.2. The molecule has 14 heavy (non-hydrogen) atoms. The van der Waals surface area contributed by atoms with E-state index < -0.39 is 23.0 Å². The van der Waals surface area contributed by atoms with Gasteiger partial charge in [0.15, 0.2) is 0 Å². The fourth-order valence-electron chi connectivity index (χ4n) is 0.948. The minimum Gasteiger partial charge on any atom is -0.380 e. The molecule has 0 heterocycles. The van der Waals surface area contributed by atoms with Crippen LogP contribution in [0, 0.1) is 10.1 Å². The maximum Gasteiger partial charge on any atom is 0.270 e. The Kier molecular flexibility index (Phi) is 2.24. The molecule has 0 aliphatic rings. The second-order valence-electron chi connectivity index (χ2n) is 2.43. The highest BCUT2D eigenvalue weighted by Gasteiger charge is 2.08. The number of nitro benzene ring substituents is 1. The zero-order chi connectivity index (χ0) is 14.1. The van der Waals surface area contributed by atoms with Gasteiger partial charge in [0.05, 0.1) is 14.2 Å². The van der Waals surface area contributed by atoms with Crippen LogP contribution in [0.3, 0.4) is 0 Å². The molecule has 76 valence electrons. The molecule has 0 N–H and O–H groups in total. The summed E-state index contributed by atoms with van der Waals surface area (Å²) in [4.78, 5) is 9.98. The number of rotatable bonds is 4. The van der Waals surface area contributed by atoms with E-state index in [1.165, 1.54) is 0 Å². The van der Waals surface area contributed by atoms with Gasteiger partial charge in [0.25, 0.3) is 5.69 Å². The van der Waals surface area contributed by atoms with Crippen molar-refractivity contribution in [3.63, 3.8) is 0 Å². The molecule has 0 saturated heterocycles. The maximum absolute atomic E-state index is 10.7. The molecule has 0 spiro atoms. The fourth-order valence-corrected chi connectivity index (χ4v) is 1.06. The average molecular weight is 220 g/mol. The van der Waals surface area contributed by atoms with E-state index in [1.54, 1.807) is 0 Å². The van der Waals surface area contributed by atoms with Crippen molar-refractivity contribution in [2.24, 2.45) is 0 Å². The monoisotopic (exact) mass is 219 g/mol. The van der Waals surface area contributed by atoms with Crippen molar-refractivity contribution in [2.45, 2.75) is 12.4 Å². The van der Waals surface area contributed by atoms with Gasteiger partial charge >= 0.3 is 0 Å². The van der Waals surface area contributed by atoms with E-state index >= 15 is 0 Å². The van der Waals surface area contributed by atoms with Crippen LogP contribution in [0.15, 0.2) is 18.2 Å². The first-order valence-electron chi connectivity index (χ1n) is 5.62. The van der Waals surface area contributed by atoms with Crippen LogP contribution in [0.1, 0.15) is 16.6 Å². The van der Waals surface area contributed by atoms with Crippen molar-refractivity contribution in [3.8, 4) is 0 Å². The van der Waals surface area contributed by atoms with Gasteiger partial charge in [-0.1, -0.05) is 6.07 Å². The van der Waals surface area contributed by atoms with Crippen molar-refractivity contribution >= 4 is 17.3 Å². The van der Waals surface area contributed by atoms with Gasteiger partial charge in [0, 0.05) is 27.8 Å². The van der Waals surface area contributed by atoms with Crippen LogP contribution in [0.4, 0.5) is 5.69 Å². The van der Waals surface area contributed by atoms with Gasteiger partial charge in [0.1, 0.15) is 0 Å². The summed E-state index contributed by atoms with van der Waals surface area (Å²) in [5, 5.41) is 10.7. The fraction of sp³-hybridized carbons (Fsp3) is 0.333. The summed E-state index contributed by atoms with van der Waals surface area (Å²) in [5.41, 5.74) is -0.819. The molecule has 1 aromatic rings. The Labute approximate surface area is 92.2 Å². The summed E-state index contributed by atoms with van der Waals surface area (Å²) in [7, 11) is 1.11. The van der Waals surface area contributed by atoms with Gasteiger partial charge in [0.2, 0.25) is 0 Å². The maximum atomic E-state index is 10.7. The van der Waals surface area contributed by atoms with Gasteiger partial charge in [-0.25, -0.2) is 0 Å². The molecule has 5 heteroatoms. The number of benzene rings is 1. The molecule has 0 bridgehead atoms. The van der Waals surface area contributed by atoms with Crippen molar-refractivity contribution in [3.05, 3.63) is 39.4 Å². The molecule has 1 aromatic carbocycles. The molecule has 0 aliphatic heterocycles. The van der Waals surface area contributed by atoms with Crippen LogP contribution in [-0.2, 0) is 17.1 Å². The highest BCUT2D eigenvalue weighted by molar-refractivity contribution is 6.17. The average Bonchev–Trinajstić information content (AvgIpc) is 2.27. The highest BCUT2D eigenvalue weighted by atomic mass is 35.5. The molecular weight excluding hydrogens is 206 g/mol. The number of hydrogen-bond donors (Lipinski definition) is 0. The Balaban J connectivity index is 3.46. The quantitative estimate of drug-likeness (QED) is 0.444. The highest BCUT2D eigenvalue weighted by Crippen LogP contribution is 2.19. The van der Waals surface area contributed by atoms with Gasteiger partial charge in [-0.15, -0.1) is 11.6 Å². The molecule has 0 amide bonds. The molecule has 0 unspecified atom stereocenters. The Bertz CT molecular complexity index is 475. The first-order valence-corrected chi connectivity index (χ1v) is 4.00. The summed E-state index contributed by atoms with van der Waals surface area (Å²) in [6, 6.07) is 3.04. The minimum absolute atomic E-state index is 0.168. The Hall–Kier alpha value is -1.13. The lowest BCUT2D eigenvalue weighted by atomic mass is 10.1. The lowest BCUT2D eigenvalue weighted by Gasteiger charge is -2.02. The van der Waals surface area contributed by atoms with E-state index in [9.17, 15) is 10.1 Å². The molecule has 0 atom stereocenters. The second kappa shape index (κ2) is 4.93. The second-order valence-corrected chi connectivity index (χ2v) is 2.62.